The molecule has 1 nitrogen and oxygen atoms in total. The summed E-state index contributed by atoms with van der Waals surface area (Å²) in [7, 11) is 0. The zero-order valence-electron chi connectivity index (χ0n) is 3.51. The number of aromatic nitrogens is 1. The predicted octanol–water partition coefficient (Wildman–Crippen LogP) is -2.05. The minimum absolute atomic E-state index is 0. The molecule has 0 saturated heterocycles. The Morgan fingerprint density at radius 2 is 2.50 bits per heavy atom. The van der Waals surface area contributed by atoms with Crippen molar-refractivity contribution in [3.63, 3.8) is 0 Å². The van der Waals surface area contributed by atoms with Crippen molar-refractivity contribution < 1.29 is 29.6 Å². The van der Waals surface area contributed by atoms with Crippen LogP contribution < -0.4 is 29.6 Å². The van der Waals surface area contributed by atoms with Crippen LogP contribution in [0.25, 0.3) is 0 Å². The zero-order chi connectivity index (χ0) is 3.54. The van der Waals surface area contributed by atoms with Gasteiger partial charge in [0.2, 0.25) is 0 Å². The second-order valence-corrected chi connectivity index (χ2v) is 1.29. The summed E-state index contributed by atoms with van der Waals surface area (Å²) in [4.78, 5) is 0. The van der Waals surface area contributed by atoms with Crippen LogP contribution in [0, 0.1) is 6.20 Å². The summed E-state index contributed by atoms with van der Waals surface area (Å²) >= 11 is 1.41. The normalized spacial score (nSPS) is 6.67. The van der Waals surface area contributed by atoms with E-state index in [2.05, 4.69) is 10.6 Å². The largest absolute Gasteiger partial charge is 1.00 e. The fourth-order valence-electron chi connectivity index (χ4n) is 0.152. The summed E-state index contributed by atoms with van der Waals surface area (Å²) in [5.74, 6) is 0. The standard InChI is InChI=1S/C3H2NS.Na/c1-2-4-5-3-1;/h1,3H;/q-1;+1. The fourth-order valence-corrected chi connectivity index (χ4v) is 0.456. The smallest absolute Gasteiger partial charge is 0.325 e. The first-order valence-corrected chi connectivity index (χ1v) is 2.10. The van der Waals surface area contributed by atoms with Crippen molar-refractivity contribution in [3.05, 3.63) is 17.6 Å². The number of rotatable bonds is 0. The van der Waals surface area contributed by atoms with Gasteiger partial charge in [-0.05, 0) is 0 Å². The van der Waals surface area contributed by atoms with Gasteiger partial charge in [0, 0.05) is 0 Å². The molecule has 26 valence electrons. The van der Waals surface area contributed by atoms with E-state index in [4.69, 9.17) is 0 Å². The molecular weight excluding hydrogens is 105 g/mol. The summed E-state index contributed by atoms with van der Waals surface area (Å²) in [5, 5.41) is 1.88. The summed E-state index contributed by atoms with van der Waals surface area (Å²) in [6.45, 7) is 0. The van der Waals surface area contributed by atoms with E-state index >= 15 is 0 Å². The molecule has 0 fully saturated rings. The van der Waals surface area contributed by atoms with Crippen molar-refractivity contribution in [1.29, 1.82) is 0 Å². The Balaban J connectivity index is 0.000000250. The fraction of sp³-hybridized carbons (Fsp3) is 0. The van der Waals surface area contributed by atoms with E-state index in [1.165, 1.54) is 11.5 Å². The minimum atomic E-state index is 0. The maximum atomic E-state index is 3.64. The van der Waals surface area contributed by atoms with Crippen LogP contribution in [0.5, 0.6) is 0 Å². The molecule has 0 bridgehead atoms. The van der Waals surface area contributed by atoms with Crippen molar-refractivity contribution in [2.45, 2.75) is 0 Å². The molecule has 0 saturated carbocycles. The summed E-state index contributed by atoms with van der Waals surface area (Å²) in [6, 6.07) is 1.78. The van der Waals surface area contributed by atoms with E-state index in [0.29, 0.717) is 0 Å². The van der Waals surface area contributed by atoms with E-state index in [1.807, 2.05) is 5.38 Å². The third-order valence-corrected chi connectivity index (χ3v) is 0.777. The van der Waals surface area contributed by atoms with E-state index < -0.39 is 0 Å². The molecule has 1 heterocycles. The van der Waals surface area contributed by atoms with Crippen molar-refractivity contribution in [2.75, 3.05) is 0 Å². The monoisotopic (exact) mass is 107 g/mol. The minimum Gasteiger partial charge on any atom is -0.325 e. The SMILES string of the molecule is [Na+].[c-]1ccsn1. The van der Waals surface area contributed by atoms with Crippen molar-refractivity contribution in [3.8, 4) is 0 Å². The van der Waals surface area contributed by atoms with Crippen LogP contribution in [-0.4, -0.2) is 4.37 Å². The number of nitrogens with zero attached hydrogens (tertiary/aromatic N) is 1. The van der Waals surface area contributed by atoms with Gasteiger partial charge in [0.25, 0.3) is 0 Å². The van der Waals surface area contributed by atoms with Gasteiger partial charge in [0.1, 0.15) is 0 Å². The van der Waals surface area contributed by atoms with Crippen LogP contribution in [0.3, 0.4) is 0 Å². The second-order valence-electron chi connectivity index (χ2n) is 0.629. The average molecular weight is 107 g/mol. The van der Waals surface area contributed by atoms with Crippen LogP contribution in [0.1, 0.15) is 0 Å². The van der Waals surface area contributed by atoms with Gasteiger partial charge in [-0.2, -0.15) is 11.5 Å². The number of hydrogen-bond acceptors (Lipinski definition) is 2. The van der Waals surface area contributed by atoms with Gasteiger partial charge in [0.05, 0.1) is 0 Å². The van der Waals surface area contributed by atoms with E-state index in [-0.39, 0.29) is 29.6 Å². The molecule has 3 heteroatoms. The number of hydrogen-bond donors (Lipinski definition) is 0. The molecule has 0 aliphatic heterocycles. The van der Waals surface area contributed by atoms with Crippen LogP contribution in [0.2, 0.25) is 0 Å². The first-order valence-electron chi connectivity index (χ1n) is 1.26. The summed E-state index contributed by atoms with van der Waals surface area (Å²) < 4.78 is 3.64. The maximum Gasteiger partial charge on any atom is 1.00 e. The Hall–Kier alpha value is 0.630. The molecule has 0 aliphatic rings. The molecule has 0 atom stereocenters. The van der Waals surface area contributed by atoms with Crippen molar-refractivity contribution >= 4 is 11.5 Å². The Bertz CT molecular complexity index is 67.3. The van der Waals surface area contributed by atoms with Gasteiger partial charge < -0.3 is 4.37 Å². The molecule has 1 rings (SSSR count). The first kappa shape index (κ1) is 6.63. The van der Waals surface area contributed by atoms with Gasteiger partial charge in [-0.25, -0.2) is 6.07 Å². The van der Waals surface area contributed by atoms with Gasteiger partial charge in [-0.3, -0.25) is 0 Å². The molecule has 0 aromatic carbocycles. The topological polar surface area (TPSA) is 12.9 Å². The van der Waals surface area contributed by atoms with Crippen LogP contribution in [0.4, 0.5) is 0 Å². The van der Waals surface area contributed by atoms with E-state index in [0.717, 1.165) is 0 Å². The van der Waals surface area contributed by atoms with Gasteiger partial charge >= 0.3 is 29.6 Å². The Morgan fingerprint density at radius 3 is 2.67 bits per heavy atom. The van der Waals surface area contributed by atoms with Crippen LogP contribution in [0.15, 0.2) is 11.4 Å². The van der Waals surface area contributed by atoms with Gasteiger partial charge in [0.15, 0.2) is 0 Å². The molecule has 0 radical (unpaired) electrons. The third-order valence-electron chi connectivity index (χ3n) is 0.309. The second kappa shape index (κ2) is 3.81. The Kier molecular flexibility index (Phi) is 4.21. The molecule has 0 N–H and O–H groups in total. The Labute approximate surface area is 62.8 Å². The van der Waals surface area contributed by atoms with Crippen LogP contribution >= 0.6 is 11.5 Å². The molecule has 0 unspecified atom stereocenters. The summed E-state index contributed by atoms with van der Waals surface area (Å²) in [6.07, 6.45) is 2.63. The predicted molar refractivity (Wildman–Crippen MR) is 20.9 cm³/mol. The molecule has 0 aliphatic carbocycles. The molecule has 1 aromatic rings. The van der Waals surface area contributed by atoms with Crippen molar-refractivity contribution in [1.82, 2.24) is 4.37 Å². The van der Waals surface area contributed by atoms with Crippen molar-refractivity contribution in [2.24, 2.45) is 0 Å². The molecule has 0 amide bonds. The molecule has 1 aromatic heterocycles. The van der Waals surface area contributed by atoms with Gasteiger partial charge in [-0.15, -0.1) is 11.6 Å². The van der Waals surface area contributed by atoms with E-state index in [9.17, 15) is 0 Å². The Morgan fingerprint density at radius 1 is 1.67 bits per heavy atom. The molecular formula is C3H2NNaS. The van der Waals surface area contributed by atoms with E-state index in [1.54, 1.807) is 6.07 Å². The van der Waals surface area contributed by atoms with Crippen LogP contribution in [-0.2, 0) is 0 Å². The zero-order valence-corrected chi connectivity index (χ0v) is 6.33. The molecule has 6 heavy (non-hydrogen) atoms. The first-order chi connectivity index (χ1) is 2.50. The molecule has 0 spiro atoms. The third kappa shape index (κ3) is 1.92. The van der Waals surface area contributed by atoms with Gasteiger partial charge in [-0.1, -0.05) is 0 Å². The quantitative estimate of drug-likeness (QED) is 0.274. The maximum absolute atomic E-state index is 3.64. The summed E-state index contributed by atoms with van der Waals surface area (Å²) in [5.41, 5.74) is 0. The average Bonchev–Trinajstić information content (AvgIpc) is 1.76.